The Kier molecular flexibility index (Phi) is 2.15. The van der Waals surface area contributed by atoms with Crippen molar-refractivity contribution in [3.05, 3.63) is 20.3 Å². The maximum atomic E-state index is 11.5. The van der Waals surface area contributed by atoms with E-state index in [9.17, 15) is 9.90 Å². The van der Waals surface area contributed by atoms with Crippen LogP contribution in [-0.4, -0.2) is 23.1 Å². The summed E-state index contributed by atoms with van der Waals surface area (Å²) in [7, 11) is 1.59. The Hall–Kier alpha value is -0.430. The lowest BCUT2D eigenvalue weighted by atomic mass is 10.2. The van der Waals surface area contributed by atoms with Crippen LogP contribution >= 0.6 is 27.3 Å². The van der Waals surface area contributed by atoms with Gasteiger partial charge in [-0.3, -0.25) is 9.80 Å². The van der Waals surface area contributed by atoms with Gasteiger partial charge in [-0.15, -0.1) is 11.3 Å². The highest BCUT2D eigenvalue weighted by Crippen LogP contribution is 2.34. The van der Waals surface area contributed by atoms with E-state index in [1.54, 1.807) is 12.4 Å². The molecule has 70 valence electrons. The van der Waals surface area contributed by atoms with Crippen molar-refractivity contribution in [2.75, 3.05) is 7.05 Å². The van der Waals surface area contributed by atoms with Crippen molar-refractivity contribution in [1.29, 1.82) is 0 Å². The average molecular weight is 263 g/mol. The highest BCUT2D eigenvalue weighted by Gasteiger charge is 2.30. The third kappa shape index (κ3) is 1.30. The van der Waals surface area contributed by atoms with Crippen molar-refractivity contribution in [1.82, 2.24) is 10.4 Å². The third-order valence-corrected chi connectivity index (χ3v) is 3.81. The first-order valence-electron chi connectivity index (χ1n) is 3.60. The Labute approximate surface area is 87.3 Å². The van der Waals surface area contributed by atoms with Gasteiger partial charge in [0.15, 0.2) is 0 Å². The normalized spacial score (nSPS) is 21.9. The lowest BCUT2D eigenvalue weighted by Crippen LogP contribution is -2.45. The van der Waals surface area contributed by atoms with Gasteiger partial charge in [-0.2, -0.15) is 5.43 Å². The van der Waals surface area contributed by atoms with Gasteiger partial charge < -0.3 is 5.11 Å². The van der Waals surface area contributed by atoms with Crippen molar-refractivity contribution in [3.63, 3.8) is 0 Å². The molecular weight excluding hydrogens is 256 g/mol. The van der Waals surface area contributed by atoms with E-state index in [1.165, 1.54) is 16.3 Å². The number of aliphatic hydroxyl groups is 1. The highest BCUT2D eigenvalue weighted by atomic mass is 79.9. The summed E-state index contributed by atoms with van der Waals surface area (Å²) < 4.78 is 0.772. The van der Waals surface area contributed by atoms with Crippen LogP contribution in [-0.2, 0) is 0 Å². The maximum Gasteiger partial charge on any atom is 0.278 e. The molecule has 2 rings (SSSR count). The Morgan fingerprint density at radius 3 is 3.15 bits per heavy atom. The van der Waals surface area contributed by atoms with Gasteiger partial charge in [0.1, 0.15) is 11.1 Å². The molecule has 0 aromatic carbocycles. The van der Waals surface area contributed by atoms with Gasteiger partial charge in [-0.05, 0) is 15.9 Å². The molecular formula is C7H7BrN2O2S. The van der Waals surface area contributed by atoms with E-state index in [-0.39, 0.29) is 5.91 Å². The second kappa shape index (κ2) is 3.06. The fourth-order valence-electron chi connectivity index (χ4n) is 1.23. The molecule has 0 saturated heterocycles. The first-order chi connectivity index (χ1) is 6.11. The van der Waals surface area contributed by atoms with E-state index in [2.05, 4.69) is 21.4 Å². The molecule has 0 spiro atoms. The molecule has 1 atom stereocenters. The van der Waals surface area contributed by atoms with Crippen LogP contribution in [0.5, 0.6) is 0 Å². The van der Waals surface area contributed by atoms with Crippen molar-refractivity contribution in [2.24, 2.45) is 0 Å². The van der Waals surface area contributed by atoms with E-state index in [1.807, 2.05) is 0 Å². The number of rotatable bonds is 0. The molecule has 0 bridgehead atoms. The zero-order chi connectivity index (χ0) is 9.59. The van der Waals surface area contributed by atoms with E-state index < -0.39 is 6.23 Å². The lowest BCUT2D eigenvalue weighted by Gasteiger charge is -2.27. The number of carbonyl (C=O) groups excluding carboxylic acids is 1. The Morgan fingerprint density at radius 1 is 1.77 bits per heavy atom. The molecule has 1 aromatic rings. The van der Waals surface area contributed by atoms with Crippen LogP contribution in [0.1, 0.15) is 21.5 Å². The van der Waals surface area contributed by atoms with Crippen molar-refractivity contribution >= 4 is 33.2 Å². The van der Waals surface area contributed by atoms with Crippen LogP contribution in [0.3, 0.4) is 0 Å². The highest BCUT2D eigenvalue weighted by molar-refractivity contribution is 9.10. The molecule has 13 heavy (non-hydrogen) atoms. The minimum atomic E-state index is -0.807. The number of nitrogens with zero attached hydrogens (tertiary/aromatic N) is 1. The molecule has 1 amide bonds. The van der Waals surface area contributed by atoms with Gasteiger partial charge in [0.05, 0.1) is 0 Å². The number of hydrogen-bond donors (Lipinski definition) is 2. The molecule has 0 fully saturated rings. The van der Waals surface area contributed by atoms with Crippen LogP contribution in [0.15, 0.2) is 9.85 Å². The molecule has 1 aromatic heterocycles. The number of fused-ring (bicyclic) bond motifs is 1. The van der Waals surface area contributed by atoms with Crippen LogP contribution < -0.4 is 5.43 Å². The number of carbonyl (C=O) groups is 1. The first-order valence-corrected chi connectivity index (χ1v) is 5.27. The SMILES string of the molecule is CN1NC(O)c2c(Br)csc2C1=O. The fraction of sp³-hybridized carbons (Fsp3) is 0.286. The van der Waals surface area contributed by atoms with Gasteiger partial charge in [-0.25, -0.2) is 0 Å². The monoisotopic (exact) mass is 262 g/mol. The summed E-state index contributed by atoms with van der Waals surface area (Å²) in [5.41, 5.74) is 3.26. The predicted octanol–water partition coefficient (Wildman–Crippen LogP) is 1.09. The fourth-order valence-corrected chi connectivity index (χ4v) is 2.99. The van der Waals surface area contributed by atoms with Gasteiger partial charge in [-0.1, -0.05) is 0 Å². The van der Waals surface area contributed by atoms with Crippen LogP contribution in [0, 0.1) is 0 Å². The van der Waals surface area contributed by atoms with Crippen molar-refractivity contribution in [3.8, 4) is 0 Å². The standard InChI is InChI=1S/C7H7BrN2O2S/c1-10-7(12)5-4(6(11)9-10)3(8)2-13-5/h2,6,9,11H,1H3. The second-order valence-corrected chi connectivity index (χ2v) is 4.46. The average Bonchev–Trinajstić information content (AvgIpc) is 2.44. The summed E-state index contributed by atoms with van der Waals surface area (Å²) in [5, 5.41) is 12.7. The molecule has 1 aliphatic rings. The Balaban J connectivity index is 2.56. The number of nitrogens with one attached hydrogen (secondary N) is 1. The Bertz CT molecular complexity index is 365. The molecule has 2 N–H and O–H groups in total. The number of hydrogen-bond acceptors (Lipinski definition) is 4. The van der Waals surface area contributed by atoms with Gasteiger partial charge in [0.2, 0.25) is 0 Å². The summed E-state index contributed by atoms with van der Waals surface area (Å²) in [6, 6.07) is 0. The van der Waals surface area contributed by atoms with E-state index >= 15 is 0 Å². The van der Waals surface area contributed by atoms with E-state index in [0.29, 0.717) is 10.4 Å². The topological polar surface area (TPSA) is 52.6 Å². The minimum absolute atomic E-state index is 0.115. The molecule has 0 radical (unpaired) electrons. The van der Waals surface area contributed by atoms with Crippen molar-refractivity contribution in [2.45, 2.75) is 6.23 Å². The number of thiophene rings is 1. The minimum Gasteiger partial charge on any atom is -0.373 e. The van der Waals surface area contributed by atoms with Crippen molar-refractivity contribution < 1.29 is 9.90 Å². The largest absolute Gasteiger partial charge is 0.373 e. The summed E-state index contributed by atoms with van der Waals surface area (Å²) in [6.45, 7) is 0. The third-order valence-electron chi connectivity index (χ3n) is 1.87. The maximum absolute atomic E-state index is 11.5. The number of aliphatic hydroxyl groups excluding tert-OH is 1. The van der Waals surface area contributed by atoms with Crippen LogP contribution in [0.25, 0.3) is 0 Å². The summed E-state index contributed by atoms with van der Waals surface area (Å²) in [5.74, 6) is -0.115. The van der Waals surface area contributed by atoms with E-state index in [0.717, 1.165) is 4.47 Å². The van der Waals surface area contributed by atoms with E-state index in [4.69, 9.17) is 0 Å². The molecule has 2 heterocycles. The lowest BCUT2D eigenvalue weighted by molar-refractivity contribution is 0.0272. The molecule has 1 aliphatic heterocycles. The van der Waals surface area contributed by atoms with Crippen LogP contribution in [0.2, 0.25) is 0 Å². The zero-order valence-corrected chi connectivity index (χ0v) is 9.15. The molecule has 1 unspecified atom stereocenters. The molecule has 0 aliphatic carbocycles. The molecule has 4 nitrogen and oxygen atoms in total. The predicted molar refractivity (Wildman–Crippen MR) is 52.2 cm³/mol. The molecule has 0 saturated carbocycles. The van der Waals surface area contributed by atoms with Gasteiger partial charge >= 0.3 is 0 Å². The quantitative estimate of drug-likeness (QED) is 0.736. The number of amides is 1. The number of halogens is 1. The summed E-state index contributed by atoms with van der Waals surface area (Å²) in [6.07, 6.45) is -0.807. The summed E-state index contributed by atoms with van der Waals surface area (Å²) in [4.78, 5) is 12.1. The first kappa shape index (κ1) is 9.14. The Morgan fingerprint density at radius 2 is 2.46 bits per heavy atom. The summed E-state index contributed by atoms with van der Waals surface area (Å²) >= 11 is 4.61. The smallest absolute Gasteiger partial charge is 0.278 e. The van der Waals surface area contributed by atoms with Crippen LogP contribution in [0.4, 0.5) is 0 Å². The molecule has 6 heteroatoms. The van der Waals surface area contributed by atoms with Gasteiger partial charge in [0.25, 0.3) is 5.91 Å². The van der Waals surface area contributed by atoms with Gasteiger partial charge in [0, 0.05) is 22.5 Å². The zero-order valence-electron chi connectivity index (χ0n) is 6.74. The second-order valence-electron chi connectivity index (χ2n) is 2.72. The number of hydrazine groups is 1.